The number of primary amides is 1. The van der Waals surface area contributed by atoms with Crippen molar-refractivity contribution in [3.63, 3.8) is 0 Å². The highest BCUT2D eigenvalue weighted by atomic mass is 16.8. The van der Waals surface area contributed by atoms with Crippen molar-refractivity contribution in [2.75, 3.05) is 12.4 Å². The van der Waals surface area contributed by atoms with Crippen LogP contribution >= 0.6 is 0 Å². The first kappa shape index (κ1) is 24.4. The molecule has 5 N–H and O–H groups in total. The molecular formula is C21H16N5O9-. The molecule has 1 unspecified atom stereocenters. The number of esters is 1. The number of carbonyl (C=O) groups excluding carboxylic acids is 5. The molecule has 0 saturated carbocycles. The number of hydrogen-bond acceptors (Lipinski definition) is 10. The van der Waals surface area contributed by atoms with Crippen LogP contribution in [-0.4, -0.2) is 51.5 Å². The second-order valence-electron chi connectivity index (χ2n) is 6.95. The number of aromatic nitrogens is 2. The lowest BCUT2D eigenvalue weighted by Crippen LogP contribution is -2.37. The van der Waals surface area contributed by atoms with E-state index in [1.54, 1.807) is 0 Å². The maximum atomic E-state index is 13.0. The molecule has 2 aliphatic rings. The van der Waals surface area contributed by atoms with Crippen molar-refractivity contribution in [3.05, 3.63) is 69.5 Å². The van der Waals surface area contributed by atoms with Crippen LogP contribution in [0.3, 0.4) is 0 Å². The summed E-state index contributed by atoms with van der Waals surface area (Å²) in [7, 11) is 0.865. The third-order valence-electron chi connectivity index (χ3n) is 4.78. The first-order chi connectivity index (χ1) is 16.5. The number of carbonyl (C=O) groups is 5. The maximum Gasteiger partial charge on any atom is 0.375 e. The molecule has 35 heavy (non-hydrogen) atoms. The number of nitrogens with two attached hydrogens (primary N) is 1. The number of rotatable bonds is 7. The smallest absolute Gasteiger partial charge is 0.375 e. The van der Waals surface area contributed by atoms with Gasteiger partial charge in [0.2, 0.25) is 17.0 Å². The summed E-state index contributed by atoms with van der Waals surface area (Å²) in [6, 6.07) is 8.74. The number of aromatic amines is 1. The van der Waals surface area contributed by atoms with E-state index >= 15 is 0 Å². The topological polar surface area (TPSA) is 231 Å². The quantitative estimate of drug-likeness (QED) is 0.140. The van der Waals surface area contributed by atoms with Crippen LogP contribution in [-0.2, 0) is 23.9 Å². The van der Waals surface area contributed by atoms with E-state index in [1.807, 2.05) is 0 Å². The number of aromatic hydroxyl groups is 1. The molecule has 180 valence electrons. The minimum Gasteiger partial charge on any atom is -0.612 e. The van der Waals surface area contributed by atoms with Crippen molar-refractivity contribution in [1.82, 2.24) is 14.9 Å². The van der Waals surface area contributed by atoms with E-state index in [9.17, 15) is 39.5 Å². The lowest BCUT2D eigenvalue weighted by molar-refractivity contribution is -0.154. The largest absolute Gasteiger partial charge is 0.612 e. The molecule has 14 nitrogen and oxygen atoms in total. The van der Waals surface area contributed by atoms with Crippen molar-refractivity contribution in [3.8, 4) is 17.3 Å². The van der Waals surface area contributed by atoms with E-state index in [4.69, 9.17) is 5.73 Å². The average molecular weight is 482 g/mol. The third kappa shape index (κ3) is 4.90. The lowest BCUT2D eigenvalue weighted by Gasteiger charge is -2.17. The Bertz CT molecular complexity index is 1410. The van der Waals surface area contributed by atoms with Crippen LogP contribution in [0.25, 0.3) is 11.4 Å². The summed E-state index contributed by atoms with van der Waals surface area (Å²) in [5.74, 6) is -10.0. The predicted molar refractivity (Wildman–Crippen MR) is 117 cm³/mol. The molecule has 2 amide bonds. The molecule has 0 aromatic heterocycles. The van der Waals surface area contributed by atoms with Crippen molar-refractivity contribution >= 4 is 35.0 Å². The van der Waals surface area contributed by atoms with Gasteiger partial charge in [-0.05, 0) is 18.2 Å². The number of Topliss-reactive ketones (excluding diaryl/α,β-unsaturated/α-hetero) is 2. The Balaban J connectivity index is 2.09. The number of ether oxygens (including phenoxy) is 1. The minimum absolute atomic E-state index is 0.0293. The average Bonchev–Trinajstić information content (AvgIpc) is 2.83. The Kier molecular flexibility index (Phi) is 6.75. The number of ketones is 2. The number of methoxy groups -OCH3 is 1. The Morgan fingerprint density at radius 3 is 2.43 bits per heavy atom. The van der Waals surface area contributed by atoms with Crippen molar-refractivity contribution in [2.45, 2.75) is 5.92 Å². The Morgan fingerprint density at radius 1 is 1.11 bits per heavy atom. The van der Waals surface area contributed by atoms with E-state index in [0.717, 1.165) is 19.2 Å². The molecule has 1 aromatic carbocycles. The Labute approximate surface area is 195 Å². The van der Waals surface area contributed by atoms with Gasteiger partial charge in [0.1, 0.15) is 11.6 Å². The fourth-order valence-corrected chi connectivity index (χ4v) is 3.12. The molecule has 1 heterocycles. The number of fused-ring (bicyclic) bond motifs is 1. The minimum atomic E-state index is -2.25. The van der Waals surface area contributed by atoms with Crippen LogP contribution in [0.4, 0.5) is 5.69 Å². The van der Waals surface area contributed by atoms with Gasteiger partial charge in [-0.25, -0.2) is 9.78 Å². The van der Waals surface area contributed by atoms with E-state index in [-0.39, 0.29) is 28.0 Å². The summed E-state index contributed by atoms with van der Waals surface area (Å²) < 4.78 is 4.35. The lowest BCUT2D eigenvalue weighted by atomic mass is 9.93. The van der Waals surface area contributed by atoms with Gasteiger partial charge in [-0.1, -0.05) is 12.1 Å². The molecular weight excluding hydrogens is 466 g/mol. The molecule has 1 aliphatic heterocycles. The number of H-pyrrole nitrogens is 1. The van der Waals surface area contributed by atoms with Crippen molar-refractivity contribution < 1.29 is 33.8 Å². The predicted octanol–water partition coefficient (Wildman–Crippen LogP) is -0.880. The highest BCUT2D eigenvalue weighted by Crippen LogP contribution is 2.29. The first-order valence-corrected chi connectivity index (χ1v) is 9.61. The van der Waals surface area contributed by atoms with Gasteiger partial charge >= 0.3 is 5.97 Å². The van der Waals surface area contributed by atoms with Crippen LogP contribution < -0.4 is 21.3 Å². The molecule has 0 radical (unpaired) electrons. The number of benzene rings is 2. The normalized spacial score (nSPS) is 11.3. The highest BCUT2D eigenvalue weighted by molar-refractivity contribution is 6.52. The molecule has 1 atom stereocenters. The standard InChI is InChI=1S/C21H16N5O9/c1-35-21(32)17(28)14(16(27)20(31)24-11-5-3-2-4-10(11)18(22)29)15-19(30)25-13-8-9(26(33)34)6-7-12(13)23-15/h2-8,14H,1H3,(H5-,22,23,24,25,27,28,29,30,31,32,33,34)/q-1. The summed E-state index contributed by atoms with van der Waals surface area (Å²) in [4.78, 5) is 67.5. The molecule has 0 fully saturated rings. The monoisotopic (exact) mass is 482 g/mol. The van der Waals surface area contributed by atoms with Gasteiger partial charge in [0, 0.05) is 12.1 Å². The Hall–Kier alpha value is -5.27. The molecule has 14 heteroatoms. The van der Waals surface area contributed by atoms with Crippen LogP contribution in [0.2, 0.25) is 0 Å². The zero-order chi connectivity index (χ0) is 25.9. The first-order valence-electron chi connectivity index (χ1n) is 9.61. The Morgan fingerprint density at radius 2 is 1.80 bits per heavy atom. The summed E-state index contributed by atoms with van der Waals surface area (Å²) >= 11 is 0. The van der Waals surface area contributed by atoms with Gasteiger partial charge in [-0.15, -0.1) is 0 Å². The number of nitrogens with one attached hydrogen (secondary N) is 2. The van der Waals surface area contributed by atoms with Crippen LogP contribution in [0, 0.1) is 10.4 Å². The van der Waals surface area contributed by atoms with E-state index in [0.29, 0.717) is 0 Å². The van der Waals surface area contributed by atoms with Gasteiger partial charge in [-0.2, -0.15) is 4.90 Å². The van der Waals surface area contributed by atoms with E-state index < -0.39 is 51.7 Å². The third-order valence-corrected chi connectivity index (χ3v) is 4.78. The van der Waals surface area contributed by atoms with Gasteiger partial charge in [0.25, 0.3) is 17.6 Å². The molecule has 0 saturated heterocycles. The maximum absolute atomic E-state index is 13.0. The molecule has 0 bridgehead atoms. The summed E-state index contributed by atoms with van der Waals surface area (Å²) in [6.07, 6.45) is 0. The number of para-hydroxylation sites is 1. The summed E-state index contributed by atoms with van der Waals surface area (Å²) in [6.45, 7) is 0. The molecule has 1 aliphatic carbocycles. The van der Waals surface area contributed by atoms with Gasteiger partial charge in [0.05, 0.1) is 29.7 Å². The van der Waals surface area contributed by atoms with E-state index in [2.05, 4.69) is 20.0 Å². The van der Waals surface area contributed by atoms with Crippen LogP contribution in [0.1, 0.15) is 22.0 Å². The molecule has 1 aromatic rings. The second-order valence-corrected chi connectivity index (χ2v) is 6.95. The van der Waals surface area contributed by atoms with Crippen LogP contribution in [0.15, 0.2) is 42.5 Å². The molecule has 0 spiro atoms. The van der Waals surface area contributed by atoms with Gasteiger partial charge < -0.3 is 36.3 Å². The van der Waals surface area contributed by atoms with E-state index in [1.165, 1.54) is 30.3 Å². The SMILES string of the molecule is COC(=O)C(=O)C(C(=O)C(=O)Nc1ccccc1C(N)=O)c1nc2ccc(=[N+]([O-])[O-])cc-2[nH]c1O. The number of nitrogens with zero attached hydrogens (tertiary/aromatic N) is 2. The number of amides is 2. The van der Waals surface area contributed by atoms with Crippen molar-refractivity contribution in [1.29, 1.82) is 0 Å². The highest BCUT2D eigenvalue weighted by Gasteiger charge is 2.41. The fraction of sp³-hybridized carbons (Fsp3) is 0.0952. The summed E-state index contributed by atoms with van der Waals surface area (Å²) in [5, 5.41) is 34.2. The summed E-state index contributed by atoms with van der Waals surface area (Å²) in [5.41, 5.74) is 4.21. The zero-order valence-electron chi connectivity index (χ0n) is 17.8. The number of anilines is 1. The second kappa shape index (κ2) is 9.70. The number of hydrogen-bond donors (Lipinski definition) is 4. The molecule has 3 rings (SSSR count). The van der Waals surface area contributed by atoms with Gasteiger partial charge in [-0.3, -0.25) is 19.2 Å². The van der Waals surface area contributed by atoms with Gasteiger partial charge in [0.15, 0.2) is 0 Å². The van der Waals surface area contributed by atoms with Crippen LogP contribution in [0.5, 0.6) is 5.88 Å². The van der Waals surface area contributed by atoms with Crippen molar-refractivity contribution in [2.24, 2.45) is 5.73 Å². The fourth-order valence-electron chi connectivity index (χ4n) is 3.12. The zero-order valence-corrected chi connectivity index (χ0v) is 17.8.